The quantitative estimate of drug-likeness (QED) is 0.0981. The van der Waals surface area contributed by atoms with Crippen LogP contribution in [0.5, 0.6) is 0 Å². The lowest BCUT2D eigenvalue weighted by Gasteiger charge is -2.37. The first-order valence-electron chi connectivity index (χ1n) is 28.3. The van der Waals surface area contributed by atoms with Crippen molar-refractivity contribution in [1.29, 1.82) is 0 Å². The van der Waals surface area contributed by atoms with Crippen LogP contribution >= 0.6 is 23.2 Å². The Balaban J connectivity index is 0.000000210. The minimum Gasteiger partial charge on any atom is -0.444 e. The lowest BCUT2D eigenvalue weighted by molar-refractivity contribution is -0.138. The molecule has 2 saturated heterocycles. The lowest BCUT2D eigenvalue weighted by Crippen LogP contribution is -2.51. The van der Waals surface area contributed by atoms with Crippen molar-refractivity contribution in [2.75, 3.05) is 99.2 Å². The van der Waals surface area contributed by atoms with Crippen LogP contribution in [0.3, 0.4) is 0 Å². The highest BCUT2D eigenvalue weighted by Crippen LogP contribution is 2.39. The number of fused-ring (bicyclic) bond motifs is 2. The van der Waals surface area contributed by atoms with Gasteiger partial charge >= 0.3 is 18.4 Å². The van der Waals surface area contributed by atoms with Crippen molar-refractivity contribution in [3.05, 3.63) is 112 Å². The summed E-state index contributed by atoms with van der Waals surface area (Å²) in [5.74, 6) is -0.0126. The number of hydrogen-bond donors (Lipinski definition) is 3. The molecule has 0 aliphatic carbocycles. The average Bonchev–Trinajstić information content (AvgIpc) is 1.72. The van der Waals surface area contributed by atoms with E-state index >= 15 is 0 Å². The highest BCUT2D eigenvalue weighted by atomic mass is 35.5. The largest absolute Gasteiger partial charge is 0.444 e. The van der Waals surface area contributed by atoms with E-state index in [1.54, 1.807) is 34.8 Å². The molecule has 3 amide bonds. The number of anilines is 4. The fourth-order valence-electron chi connectivity index (χ4n) is 10.7. The van der Waals surface area contributed by atoms with Gasteiger partial charge in [-0.25, -0.2) is 4.79 Å². The normalized spacial score (nSPS) is 16.1. The van der Waals surface area contributed by atoms with Crippen LogP contribution in [0.1, 0.15) is 92.8 Å². The number of hydrogen-bond acceptors (Lipinski definition) is 15. The van der Waals surface area contributed by atoms with Crippen molar-refractivity contribution >= 4 is 86.6 Å². The van der Waals surface area contributed by atoms with E-state index in [0.29, 0.717) is 139 Å². The van der Waals surface area contributed by atoms with Gasteiger partial charge in [0.15, 0.2) is 11.6 Å². The Hall–Kier alpha value is -7.53. The maximum absolute atomic E-state index is 14.1. The molecule has 22 nitrogen and oxygen atoms in total. The fraction of sp³-hybridized carbons (Fsp3) is 0.491. The van der Waals surface area contributed by atoms with E-state index in [4.69, 9.17) is 37.4 Å². The zero-order valence-electron chi connectivity index (χ0n) is 48.9. The molecule has 4 aromatic heterocycles. The maximum Gasteiger partial charge on any atom is 0.417 e. The number of carbonyl (C=O) groups excluding carboxylic acids is 3. The van der Waals surface area contributed by atoms with Crippen LogP contribution in [0, 0.1) is 13.8 Å². The van der Waals surface area contributed by atoms with Gasteiger partial charge < -0.3 is 54.0 Å². The summed E-state index contributed by atoms with van der Waals surface area (Å²) in [4.78, 5) is 82.1. The van der Waals surface area contributed by atoms with E-state index in [0.717, 1.165) is 35.4 Å². The van der Waals surface area contributed by atoms with Crippen molar-refractivity contribution < 1.29 is 54.9 Å². The molecule has 468 valence electrons. The minimum absolute atomic E-state index is 0.121. The highest BCUT2D eigenvalue weighted by Gasteiger charge is 2.36. The van der Waals surface area contributed by atoms with Crippen molar-refractivity contribution in [1.82, 2.24) is 48.5 Å². The number of ether oxygens (including phenoxy) is 3. The molecule has 6 aromatic rings. The molecule has 8 heterocycles. The van der Waals surface area contributed by atoms with E-state index in [9.17, 15) is 50.3 Å². The Kier molecular flexibility index (Phi) is 19.1. The van der Waals surface area contributed by atoms with Crippen LogP contribution in [0.2, 0.25) is 10.0 Å². The van der Waals surface area contributed by atoms with Crippen molar-refractivity contribution in [3.8, 4) is 0 Å². The van der Waals surface area contributed by atoms with E-state index in [-0.39, 0.29) is 52.7 Å². The van der Waals surface area contributed by atoms with Crippen LogP contribution in [-0.2, 0) is 62.1 Å². The van der Waals surface area contributed by atoms with Gasteiger partial charge in [-0.15, -0.1) is 10.2 Å². The number of piperazine rings is 2. The summed E-state index contributed by atoms with van der Waals surface area (Å²) >= 11 is 11.8. The summed E-state index contributed by atoms with van der Waals surface area (Å²) in [5, 5.41) is 16.6. The molecular formula is C57H66Cl2F6N14O8. The molecule has 0 bridgehead atoms. The summed E-state index contributed by atoms with van der Waals surface area (Å²) < 4.78 is 102. The zero-order valence-corrected chi connectivity index (χ0v) is 50.4. The molecule has 0 spiro atoms. The van der Waals surface area contributed by atoms with Gasteiger partial charge in [0.05, 0.1) is 59.0 Å². The molecule has 2 fully saturated rings. The molecule has 2 aromatic carbocycles. The van der Waals surface area contributed by atoms with Crippen LogP contribution in [0.15, 0.2) is 46.0 Å². The third kappa shape index (κ3) is 14.2. The first kappa shape index (κ1) is 64.0. The van der Waals surface area contributed by atoms with Gasteiger partial charge in [-0.2, -0.15) is 45.3 Å². The molecule has 4 aliphatic rings. The highest BCUT2D eigenvalue weighted by molar-refractivity contribution is 6.32. The molecule has 0 atom stereocenters. The first-order chi connectivity index (χ1) is 41.1. The third-order valence-corrected chi connectivity index (χ3v) is 15.5. The number of aromatic nitrogens is 8. The first-order valence-corrected chi connectivity index (χ1v) is 29.0. The molecule has 0 radical (unpaired) electrons. The van der Waals surface area contributed by atoms with Gasteiger partial charge in [0.2, 0.25) is 23.4 Å². The topological polar surface area (TPSA) is 229 Å². The lowest BCUT2D eigenvalue weighted by atomic mass is 10.1. The van der Waals surface area contributed by atoms with Gasteiger partial charge in [0, 0.05) is 63.7 Å². The average molecular weight is 1260 g/mol. The fourth-order valence-corrected chi connectivity index (χ4v) is 11.2. The number of halogens is 8. The van der Waals surface area contributed by atoms with E-state index in [2.05, 4.69) is 36.1 Å². The summed E-state index contributed by atoms with van der Waals surface area (Å²) in [7, 11) is 0. The van der Waals surface area contributed by atoms with E-state index in [1.165, 1.54) is 22.9 Å². The molecule has 0 saturated carbocycles. The van der Waals surface area contributed by atoms with E-state index in [1.807, 2.05) is 35.8 Å². The SMILES string of the molecule is CCc1c(N2CCN(C(=O)OC(C)(C)C)CC2)c(=O)n2nc(C3=CCOCC3)nc2n1CC(=O)Nc1cc(Cl)c(C(F)(F)F)cc1C.CCc1c(N2CCNCC2)c(=O)n2nc(C3=CCOCC3)nc2n1CC(=O)Nc1cc(Cl)c(C(F)(F)F)cc1C. The number of nitrogens with zero attached hydrogens (tertiary/aromatic N) is 11. The van der Waals surface area contributed by atoms with Crippen LogP contribution in [0.4, 0.5) is 53.9 Å². The molecule has 4 aliphatic heterocycles. The summed E-state index contributed by atoms with van der Waals surface area (Å²) in [5.41, 5.74) is 0.874. The molecule has 10 rings (SSSR count). The van der Waals surface area contributed by atoms with Crippen molar-refractivity contribution in [2.24, 2.45) is 0 Å². The monoisotopic (exact) mass is 1260 g/mol. The van der Waals surface area contributed by atoms with Gasteiger partial charge in [-0.1, -0.05) is 49.2 Å². The predicted octanol–water partition coefficient (Wildman–Crippen LogP) is 8.22. The second kappa shape index (κ2) is 26.0. The van der Waals surface area contributed by atoms with Crippen LogP contribution in [0.25, 0.3) is 22.7 Å². The second-order valence-electron chi connectivity index (χ2n) is 22.1. The number of amides is 3. The second-order valence-corrected chi connectivity index (χ2v) is 22.9. The molecule has 3 N–H and O–H groups in total. The third-order valence-electron chi connectivity index (χ3n) is 14.9. The van der Waals surface area contributed by atoms with Crippen molar-refractivity contribution in [2.45, 2.75) is 105 Å². The summed E-state index contributed by atoms with van der Waals surface area (Å²) in [6.45, 7) is 17.1. The van der Waals surface area contributed by atoms with Gasteiger partial charge in [0.1, 0.15) is 30.1 Å². The molecular weight excluding hydrogens is 1190 g/mol. The Morgan fingerprint density at radius 1 is 0.644 bits per heavy atom. The number of benzene rings is 2. The molecule has 0 unspecified atom stereocenters. The number of nitrogens with one attached hydrogen (secondary N) is 3. The van der Waals surface area contributed by atoms with Crippen molar-refractivity contribution in [3.63, 3.8) is 0 Å². The standard InChI is InChI=1S/C31H37ClF3N7O5.C26H29ClF3N7O3/c1-6-23-25(39-9-11-40(12-10-39)29(45)47-30(3,4)5)27(44)42-28(37-26(38-42)19-7-13-46-14-8-19)41(23)17-24(43)36-22-16-21(32)20(15-18(22)2)31(33,34)35;1-3-20-22(35-8-6-31-7-9-35)24(39)37-25(33-23(34-37)16-4-10-40-11-5-16)36(20)14-21(38)32-19-13-18(27)17(12-15(19)2)26(28,29)30/h7,15-16H,6,8-14,17H2,1-5H3,(H,36,43);4,12-13,31H,3,5-11,14H2,1-2H3,(H,32,38). The van der Waals surface area contributed by atoms with E-state index < -0.39 is 62.6 Å². The number of aryl methyl sites for hydroxylation is 2. The molecule has 87 heavy (non-hydrogen) atoms. The summed E-state index contributed by atoms with van der Waals surface area (Å²) in [6, 6.07) is 3.95. The van der Waals surface area contributed by atoms with Gasteiger partial charge in [-0.05, 0) is 107 Å². The predicted molar refractivity (Wildman–Crippen MR) is 315 cm³/mol. The van der Waals surface area contributed by atoms with Gasteiger partial charge in [0.25, 0.3) is 11.1 Å². The Morgan fingerprint density at radius 2 is 1.06 bits per heavy atom. The number of rotatable bonds is 12. The van der Waals surface area contributed by atoms with Crippen LogP contribution in [-0.4, -0.2) is 146 Å². The Labute approximate surface area is 505 Å². The zero-order chi connectivity index (χ0) is 62.9. The van der Waals surface area contributed by atoms with Crippen LogP contribution < -0.4 is 36.9 Å². The summed E-state index contributed by atoms with van der Waals surface area (Å²) in [6.07, 6.45) is -4.10. The number of alkyl halides is 6. The minimum atomic E-state index is -4.65. The Morgan fingerprint density at radius 3 is 1.43 bits per heavy atom. The van der Waals surface area contributed by atoms with Gasteiger partial charge in [-0.3, -0.25) is 19.2 Å². The smallest absolute Gasteiger partial charge is 0.417 e. The molecule has 30 heteroatoms. The Bertz CT molecular complexity index is 3820. The number of carbonyl (C=O) groups is 3. The maximum atomic E-state index is 14.1.